The van der Waals surface area contributed by atoms with Crippen LogP contribution in [0.4, 0.5) is 0 Å². The fraction of sp³-hybridized carbons (Fsp3) is 0.250. The molecule has 0 aromatic heterocycles. The summed E-state index contributed by atoms with van der Waals surface area (Å²) in [5.74, 6) is 0.920. The van der Waals surface area contributed by atoms with Crippen molar-refractivity contribution in [2.24, 2.45) is 0 Å². The molecule has 4 rings (SSSR count). The lowest BCUT2D eigenvalue weighted by Crippen LogP contribution is -2.36. The average molecular weight is 343 g/mol. The van der Waals surface area contributed by atoms with Crippen LogP contribution in [0.3, 0.4) is 0 Å². The molecule has 2 nitrogen and oxygen atoms in total. The molecule has 0 amide bonds. The first-order valence-corrected chi connectivity index (χ1v) is 9.51. The highest BCUT2D eigenvalue weighted by molar-refractivity contribution is 5.63. The van der Waals surface area contributed by atoms with Crippen molar-refractivity contribution in [2.45, 2.75) is 25.5 Å². The lowest BCUT2D eigenvalue weighted by Gasteiger charge is -2.34. The fourth-order valence-corrected chi connectivity index (χ4v) is 3.61. The number of rotatable bonds is 5. The molecular weight excluding hydrogens is 318 g/mol. The zero-order chi connectivity index (χ0) is 17.6. The topological polar surface area (TPSA) is 12.5 Å². The van der Waals surface area contributed by atoms with Crippen molar-refractivity contribution in [2.75, 3.05) is 13.1 Å². The summed E-state index contributed by atoms with van der Waals surface area (Å²) in [4.78, 5) is 2.46. The van der Waals surface area contributed by atoms with E-state index in [-0.39, 0.29) is 6.23 Å². The minimum Gasteiger partial charge on any atom is -0.471 e. The summed E-state index contributed by atoms with van der Waals surface area (Å²) in [5.41, 5.74) is 3.67. The van der Waals surface area contributed by atoms with Crippen LogP contribution in [0, 0.1) is 0 Å². The van der Waals surface area contributed by atoms with Gasteiger partial charge in [-0.3, -0.25) is 4.90 Å². The normalized spacial score (nSPS) is 16.2. The zero-order valence-electron chi connectivity index (χ0n) is 15.1. The second-order valence-electron chi connectivity index (χ2n) is 6.87. The van der Waals surface area contributed by atoms with Crippen molar-refractivity contribution in [3.8, 4) is 16.9 Å². The van der Waals surface area contributed by atoms with E-state index in [1.165, 1.54) is 36.0 Å². The quantitative estimate of drug-likeness (QED) is 0.570. The molecule has 132 valence electrons. The monoisotopic (exact) mass is 343 g/mol. The standard InChI is InChI=1S/C24H25NO/c1-4-10-20(11-5-1)21-14-16-23(17-15-21)26-24(22-12-6-2-7-13-22)25-18-8-3-9-19-25/h1-2,4-7,10-17,24H,3,8-9,18-19H2. The van der Waals surface area contributed by atoms with Crippen LogP contribution in [-0.2, 0) is 0 Å². The molecule has 0 aliphatic carbocycles. The van der Waals surface area contributed by atoms with Gasteiger partial charge in [-0.15, -0.1) is 0 Å². The van der Waals surface area contributed by atoms with E-state index in [4.69, 9.17) is 4.74 Å². The third-order valence-electron chi connectivity index (χ3n) is 5.02. The van der Waals surface area contributed by atoms with Gasteiger partial charge in [0.1, 0.15) is 5.75 Å². The Bertz CT molecular complexity index is 793. The molecule has 26 heavy (non-hydrogen) atoms. The third-order valence-corrected chi connectivity index (χ3v) is 5.02. The van der Waals surface area contributed by atoms with Gasteiger partial charge in [0.05, 0.1) is 0 Å². The Labute approximate surface area is 156 Å². The molecule has 3 aromatic rings. The Balaban J connectivity index is 1.55. The van der Waals surface area contributed by atoms with E-state index in [1.807, 2.05) is 6.07 Å². The molecule has 1 saturated heterocycles. The van der Waals surface area contributed by atoms with Gasteiger partial charge in [-0.1, -0.05) is 79.2 Å². The van der Waals surface area contributed by atoms with E-state index in [9.17, 15) is 0 Å². The SMILES string of the molecule is c1ccc(-c2ccc(OC(c3ccccc3)N3CCCCC3)cc2)cc1. The van der Waals surface area contributed by atoms with Crippen molar-refractivity contribution in [1.82, 2.24) is 4.90 Å². The lowest BCUT2D eigenvalue weighted by molar-refractivity contribution is 0.0105. The number of hydrogen-bond donors (Lipinski definition) is 0. The van der Waals surface area contributed by atoms with Gasteiger partial charge >= 0.3 is 0 Å². The maximum Gasteiger partial charge on any atom is 0.178 e. The number of benzene rings is 3. The summed E-state index contributed by atoms with van der Waals surface area (Å²) in [7, 11) is 0. The Morgan fingerprint density at radius 3 is 1.85 bits per heavy atom. The van der Waals surface area contributed by atoms with Crippen molar-refractivity contribution in [3.05, 3.63) is 90.5 Å². The largest absolute Gasteiger partial charge is 0.471 e. The van der Waals surface area contributed by atoms with E-state index in [0.717, 1.165) is 18.8 Å². The molecular formula is C24H25NO. The van der Waals surface area contributed by atoms with E-state index >= 15 is 0 Å². The predicted octanol–water partition coefficient (Wildman–Crippen LogP) is 5.92. The summed E-state index contributed by atoms with van der Waals surface area (Å²) in [6, 6.07) is 29.5. The highest BCUT2D eigenvalue weighted by atomic mass is 16.5. The van der Waals surface area contributed by atoms with Crippen LogP contribution in [-0.4, -0.2) is 18.0 Å². The van der Waals surface area contributed by atoms with E-state index < -0.39 is 0 Å². The molecule has 0 spiro atoms. The minimum absolute atomic E-state index is 0.0147. The number of ether oxygens (including phenoxy) is 1. The van der Waals surface area contributed by atoms with Crippen molar-refractivity contribution in [1.29, 1.82) is 0 Å². The summed E-state index contributed by atoms with van der Waals surface area (Å²) in [5, 5.41) is 0. The molecule has 1 heterocycles. The van der Waals surface area contributed by atoms with E-state index in [0.29, 0.717) is 0 Å². The lowest BCUT2D eigenvalue weighted by atomic mass is 10.1. The van der Waals surface area contributed by atoms with Crippen molar-refractivity contribution < 1.29 is 4.74 Å². The second-order valence-corrected chi connectivity index (χ2v) is 6.87. The van der Waals surface area contributed by atoms with Gasteiger partial charge < -0.3 is 4.74 Å². The van der Waals surface area contributed by atoms with Gasteiger partial charge in [0, 0.05) is 18.7 Å². The van der Waals surface area contributed by atoms with Gasteiger partial charge in [-0.2, -0.15) is 0 Å². The first-order chi connectivity index (χ1) is 12.9. The number of hydrogen-bond acceptors (Lipinski definition) is 2. The van der Waals surface area contributed by atoms with Crippen molar-refractivity contribution >= 4 is 0 Å². The number of piperidine rings is 1. The molecule has 0 bridgehead atoms. The van der Waals surface area contributed by atoms with Crippen LogP contribution < -0.4 is 4.74 Å². The van der Waals surface area contributed by atoms with Gasteiger partial charge in [0.15, 0.2) is 6.23 Å². The smallest absolute Gasteiger partial charge is 0.178 e. The summed E-state index contributed by atoms with van der Waals surface area (Å²) in [6.45, 7) is 2.20. The molecule has 0 radical (unpaired) electrons. The molecule has 1 aliphatic heterocycles. The van der Waals surface area contributed by atoms with Crippen LogP contribution in [0.15, 0.2) is 84.9 Å². The molecule has 0 saturated carbocycles. The Morgan fingerprint density at radius 2 is 1.19 bits per heavy atom. The predicted molar refractivity (Wildman–Crippen MR) is 107 cm³/mol. The molecule has 1 unspecified atom stereocenters. The van der Waals surface area contributed by atoms with Crippen LogP contribution >= 0.6 is 0 Å². The molecule has 3 aromatic carbocycles. The highest BCUT2D eigenvalue weighted by Gasteiger charge is 2.23. The van der Waals surface area contributed by atoms with E-state index in [1.54, 1.807) is 0 Å². The number of nitrogens with zero attached hydrogens (tertiary/aromatic N) is 1. The van der Waals surface area contributed by atoms with Crippen LogP contribution in [0.1, 0.15) is 31.1 Å². The van der Waals surface area contributed by atoms with Crippen molar-refractivity contribution in [3.63, 3.8) is 0 Å². The highest BCUT2D eigenvalue weighted by Crippen LogP contribution is 2.29. The minimum atomic E-state index is -0.0147. The third kappa shape index (κ3) is 3.97. The van der Waals surface area contributed by atoms with Gasteiger partial charge in [-0.05, 0) is 36.1 Å². The van der Waals surface area contributed by atoms with Crippen LogP contribution in [0.2, 0.25) is 0 Å². The van der Waals surface area contributed by atoms with Gasteiger partial charge in [0.25, 0.3) is 0 Å². The molecule has 0 N–H and O–H groups in total. The zero-order valence-corrected chi connectivity index (χ0v) is 15.1. The first kappa shape index (κ1) is 16.9. The molecule has 2 heteroatoms. The number of likely N-dealkylation sites (tertiary alicyclic amines) is 1. The Kier molecular flexibility index (Phi) is 5.32. The summed E-state index contributed by atoms with van der Waals surface area (Å²) >= 11 is 0. The maximum absolute atomic E-state index is 6.46. The Morgan fingerprint density at radius 1 is 0.615 bits per heavy atom. The van der Waals surface area contributed by atoms with E-state index in [2.05, 4.69) is 83.8 Å². The summed E-state index contributed by atoms with van der Waals surface area (Å²) < 4.78 is 6.46. The first-order valence-electron chi connectivity index (χ1n) is 9.51. The fourth-order valence-electron chi connectivity index (χ4n) is 3.61. The average Bonchev–Trinajstić information content (AvgIpc) is 2.74. The summed E-state index contributed by atoms with van der Waals surface area (Å²) in [6.07, 6.45) is 3.81. The molecule has 1 atom stereocenters. The second kappa shape index (κ2) is 8.20. The molecule has 1 aliphatic rings. The molecule has 1 fully saturated rings. The van der Waals surface area contributed by atoms with Gasteiger partial charge in [-0.25, -0.2) is 0 Å². The van der Waals surface area contributed by atoms with Gasteiger partial charge in [0.2, 0.25) is 0 Å². The van der Waals surface area contributed by atoms with Crippen LogP contribution in [0.25, 0.3) is 11.1 Å². The maximum atomic E-state index is 6.46. The Hall–Kier alpha value is -2.58. The van der Waals surface area contributed by atoms with Crippen LogP contribution in [0.5, 0.6) is 5.75 Å².